The largest absolute Gasteiger partial charge is 0.462 e. The molecule has 9 nitrogen and oxygen atoms in total. The third kappa shape index (κ3) is 6.35. The Morgan fingerprint density at radius 1 is 0.952 bits per heavy atom. The zero-order chi connectivity index (χ0) is 29.6. The molecule has 0 saturated heterocycles. The van der Waals surface area contributed by atoms with Crippen LogP contribution in [0.4, 0.5) is 5.00 Å². The van der Waals surface area contributed by atoms with Crippen LogP contribution in [0, 0.1) is 0 Å². The molecular formula is C31H26ClN3O6S. The lowest BCUT2D eigenvalue weighted by atomic mass is 9.95. The zero-order valence-electron chi connectivity index (χ0n) is 22.6. The van der Waals surface area contributed by atoms with E-state index in [2.05, 4.69) is 15.8 Å². The van der Waals surface area contributed by atoms with Gasteiger partial charge in [-0.3, -0.25) is 9.59 Å². The Morgan fingerprint density at radius 3 is 2.50 bits per heavy atom. The lowest BCUT2D eigenvalue weighted by Crippen LogP contribution is -2.32. The van der Waals surface area contributed by atoms with E-state index in [4.69, 9.17) is 21.1 Å². The molecule has 4 aromatic rings. The van der Waals surface area contributed by atoms with Gasteiger partial charge in [-0.15, -0.1) is 11.3 Å². The molecule has 1 aliphatic rings. The molecule has 0 spiro atoms. The Kier molecular flexibility index (Phi) is 8.94. The van der Waals surface area contributed by atoms with Crippen molar-refractivity contribution in [3.63, 3.8) is 0 Å². The van der Waals surface area contributed by atoms with E-state index in [1.165, 1.54) is 17.6 Å². The monoisotopic (exact) mass is 603 g/mol. The van der Waals surface area contributed by atoms with Crippen LogP contribution in [0.25, 0.3) is 10.8 Å². The molecule has 0 bridgehead atoms. The Hall–Kier alpha value is -4.54. The summed E-state index contributed by atoms with van der Waals surface area (Å²) in [6.45, 7) is 1.90. The van der Waals surface area contributed by atoms with Crippen molar-refractivity contribution in [2.24, 2.45) is 5.10 Å². The van der Waals surface area contributed by atoms with Gasteiger partial charge in [-0.25, -0.2) is 15.0 Å². The Bertz CT molecular complexity index is 1710. The summed E-state index contributed by atoms with van der Waals surface area (Å²) in [6.07, 6.45) is 4.75. The van der Waals surface area contributed by atoms with Crippen molar-refractivity contribution in [1.29, 1.82) is 0 Å². The minimum Gasteiger partial charge on any atom is -0.462 e. The van der Waals surface area contributed by atoms with Crippen molar-refractivity contribution < 1.29 is 28.7 Å². The van der Waals surface area contributed by atoms with Gasteiger partial charge in [0, 0.05) is 15.5 Å². The first-order valence-electron chi connectivity index (χ1n) is 13.3. The van der Waals surface area contributed by atoms with E-state index in [1.807, 2.05) is 24.3 Å². The molecule has 11 heteroatoms. The average Bonchev–Trinajstić information content (AvgIpc) is 3.36. The van der Waals surface area contributed by atoms with Gasteiger partial charge in [-0.05, 0) is 79.3 Å². The van der Waals surface area contributed by atoms with Crippen LogP contribution >= 0.6 is 22.9 Å². The number of fused-ring (bicyclic) bond motifs is 2. The highest BCUT2D eigenvalue weighted by Gasteiger charge is 2.28. The van der Waals surface area contributed by atoms with Gasteiger partial charge in [-0.2, -0.15) is 5.10 Å². The number of nitrogens with zero attached hydrogens (tertiary/aromatic N) is 1. The minimum atomic E-state index is -1.03. The summed E-state index contributed by atoms with van der Waals surface area (Å²) < 4.78 is 10.9. The van der Waals surface area contributed by atoms with Crippen molar-refractivity contribution in [3.05, 3.63) is 92.8 Å². The van der Waals surface area contributed by atoms with Crippen molar-refractivity contribution in [2.75, 3.05) is 11.9 Å². The molecule has 1 aliphatic carbocycles. The summed E-state index contributed by atoms with van der Waals surface area (Å²) in [6, 6.07) is 17.1. The summed E-state index contributed by atoms with van der Waals surface area (Å²) in [5.74, 6) is -2.94. The molecule has 0 unspecified atom stereocenters. The molecule has 2 amide bonds. The van der Waals surface area contributed by atoms with E-state index in [-0.39, 0.29) is 17.4 Å². The van der Waals surface area contributed by atoms with Crippen LogP contribution in [0.3, 0.4) is 0 Å². The standard InChI is InChI=1S/C31H26ClN3O6S/c1-2-40-31(39)26-22-9-5-6-10-25(22)42-29(26)34-27(36)28(37)35-33-17-23-21-8-4-3-7-18(21)13-16-24(23)41-30(38)19-11-14-20(32)15-12-19/h3-4,7-8,11-17H,2,5-6,9-10H2,1H3,(H,34,36)(H,35,37)/b33-17-. The lowest BCUT2D eigenvalue weighted by molar-refractivity contribution is -0.136. The number of anilines is 1. The number of carbonyl (C=O) groups excluding carboxylic acids is 4. The molecule has 1 heterocycles. The number of nitrogens with one attached hydrogen (secondary N) is 2. The first kappa shape index (κ1) is 29.0. The van der Waals surface area contributed by atoms with E-state index >= 15 is 0 Å². The molecular weight excluding hydrogens is 578 g/mol. The third-order valence-corrected chi connectivity index (χ3v) is 8.12. The fourth-order valence-corrected chi connectivity index (χ4v) is 6.08. The summed E-state index contributed by atoms with van der Waals surface area (Å²) in [5, 5.41) is 8.87. The van der Waals surface area contributed by atoms with E-state index in [0.717, 1.165) is 35.1 Å². The minimum absolute atomic E-state index is 0.192. The smallest absolute Gasteiger partial charge is 0.343 e. The fourth-order valence-electron chi connectivity index (χ4n) is 4.68. The van der Waals surface area contributed by atoms with E-state index < -0.39 is 23.8 Å². The van der Waals surface area contributed by atoms with Crippen LogP contribution in [0.5, 0.6) is 5.75 Å². The number of aryl methyl sites for hydroxylation is 1. The molecule has 42 heavy (non-hydrogen) atoms. The number of carbonyl (C=O) groups is 4. The van der Waals surface area contributed by atoms with E-state index in [0.29, 0.717) is 33.5 Å². The molecule has 5 rings (SSSR count). The number of hydrogen-bond acceptors (Lipinski definition) is 8. The number of amides is 2. The first-order valence-corrected chi connectivity index (χ1v) is 14.5. The lowest BCUT2D eigenvalue weighted by Gasteiger charge is -2.12. The van der Waals surface area contributed by atoms with E-state index in [1.54, 1.807) is 43.3 Å². The predicted octanol–water partition coefficient (Wildman–Crippen LogP) is 5.92. The summed E-state index contributed by atoms with van der Waals surface area (Å²) in [5.41, 5.74) is 4.13. The van der Waals surface area contributed by atoms with Crippen LogP contribution in [-0.2, 0) is 27.2 Å². The number of ether oxygens (including phenoxy) is 2. The van der Waals surface area contributed by atoms with Crippen LogP contribution in [0.2, 0.25) is 5.02 Å². The fraction of sp³-hybridized carbons (Fsp3) is 0.194. The van der Waals surface area contributed by atoms with Gasteiger partial charge in [0.15, 0.2) is 0 Å². The SMILES string of the molecule is CCOC(=O)c1c(NC(=O)C(=O)N/N=C\c2c(OC(=O)c3ccc(Cl)cc3)ccc3ccccc23)sc2c1CCCC2. The second-order valence-corrected chi connectivity index (χ2v) is 10.9. The second kappa shape index (κ2) is 13.0. The second-order valence-electron chi connectivity index (χ2n) is 9.38. The Labute approximate surface area is 250 Å². The van der Waals surface area contributed by atoms with Crippen LogP contribution < -0.4 is 15.5 Å². The number of halogens is 1. The summed E-state index contributed by atoms with van der Waals surface area (Å²) in [7, 11) is 0. The topological polar surface area (TPSA) is 123 Å². The molecule has 0 atom stereocenters. The molecule has 2 N–H and O–H groups in total. The maximum absolute atomic E-state index is 12.8. The molecule has 214 valence electrons. The van der Waals surface area contributed by atoms with Gasteiger partial charge in [0.2, 0.25) is 0 Å². The predicted molar refractivity (Wildman–Crippen MR) is 162 cm³/mol. The third-order valence-electron chi connectivity index (χ3n) is 6.66. The normalized spacial score (nSPS) is 12.5. The first-order chi connectivity index (χ1) is 20.4. The molecule has 1 aromatic heterocycles. The highest BCUT2D eigenvalue weighted by atomic mass is 35.5. The Morgan fingerprint density at radius 2 is 1.71 bits per heavy atom. The van der Waals surface area contributed by atoms with Gasteiger partial charge >= 0.3 is 23.8 Å². The van der Waals surface area contributed by atoms with Crippen molar-refractivity contribution in [1.82, 2.24) is 5.43 Å². The number of thiophene rings is 1. The van der Waals surface area contributed by atoms with Gasteiger partial charge in [0.1, 0.15) is 10.8 Å². The van der Waals surface area contributed by atoms with Crippen molar-refractivity contribution in [2.45, 2.75) is 32.6 Å². The number of esters is 2. The van der Waals surface area contributed by atoms with Crippen LogP contribution in [0.1, 0.15) is 56.5 Å². The molecule has 0 fully saturated rings. The maximum Gasteiger partial charge on any atom is 0.343 e. The van der Waals surface area contributed by atoms with Crippen LogP contribution in [-0.4, -0.2) is 36.6 Å². The molecule has 0 saturated carbocycles. The number of hydrogen-bond donors (Lipinski definition) is 2. The van der Waals surface area contributed by atoms with Crippen molar-refractivity contribution in [3.8, 4) is 5.75 Å². The highest BCUT2D eigenvalue weighted by molar-refractivity contribution is 7.17. The van der Waals surface area contributed by atoms with Gasteiger partial charge in [-0.1, -0.05) is 41.9 Å². The van der Waals surface area contributed by atoms with Gasteiger partial charge < -0.3 is 14.8 Å². The van der Waals surface area contributed by atoms with E-state index in [9.17, 15) is 19.2 Å². The molecule has 0 aliphatic heterocycles. The number of hydrazone groups is 1. The summed E-state index contributed by atoms with van der Waals surface area (Å²) in [4.78, 5) is 51.9. The van der Waals surface area contributed by atoms with Gasteiger partial charge in [0.25, 0.3) is 0 Å². The van der Waals surface area contributed by atoms with Gasteiger partial charge in [0.05, 0.1) is 23.9 Å². The number of rotatable bonds is 7. The molecule has 0 radical (unpaired) electrons. The summed E-state index contributed by atoms with van der Waals surface area (Å²) >= 11 is 7.21. The average molecular weight is 604 g/mol. The van der Waals surface area contributed by atoms with Crippen LogP contribution in [0.15, 0.2) is 65.8 Å². The zero-order valence-corrected chi connectivity index (χ0v) is 24.1. The van der Waals surface area contributed by atoms with Crippen molar-refractivity contribution >= 4 is 68.7 Å². The Balaban J connectivity index is 1.34. The maximum atomic E-state index is 12.8. The number of benzene rings is 3. The quantitative estimate of drug-likeness (QED) is 0.0889. The molecule has 3 aromatic carbocycles. The highest BCUT2D eigenvalue weighted by Crippen LogP contribution is 2.38.